The fourth-order valence-corrected chi connectivity index (χ4v) is 7.05. The molecule has 0 bridgehead atoms. The summed E-state index contributed by atoms with van der Waals surface area (Å²) < 4.78 is 34.3. The van der Waals surface area contributed by atoms with Crippen molar-refractivity contribution in [3.05, 3.63) is 88.7 Å². The molecule has 194 valence electrons. The van der Waals surface area contributed by atoms with Crippen LogP contribution in [-0.4, -0.2) is 73.9 Å². The molecule has 0 aliphatic carbocycles. The second-order valence-corrected chi connectivity index (χ2v) is 12.3. The molecule has 3 heterocycles. The molecule has 1 saturated heterocycles. The number of benzene rings is 2. The number of hydrogen-bond donors (Lipinski definition) is 0. The minimum atomic E-state index is -3.60. The molecule has 9 heteroatoms. The highest BCUT2D eigenvalue weighted by molar-refractivity contribution is 7.89. The Kier molecular flexibility index (Phi) is 8.17. The van der Waals surface area contributed by atoms with Gasteiger partial charge in [-0.2, -0.15) is 4.31 Å². The molecule has 0 unspecified atom stereocenters. The van der Waals surface area contributed by atoms with Gasteiger partial charge in [-0.3, -0.25) is 14.8 Å². The molecule has 2 aromatic heterocycles. The van der Waals surface area contributed by atoms with Gasteiger partial charge in [0.05, 0.1) is 5.52 Å². The molecule has 0 N–H and O–H groups in total. The number of para-hydroxylation sites is 1. The topological polar surface area (TPSA) is 66.0 Å². The van der Waals surface area contributed by atoms with Crippen molar-refractivity contribution in [2.24, 2.45) is 0 Å². The summed E-state index contributed by atoms with van der Waals surface area (Å²) in [5.41, 5.74) is 1.75. The van der Waals surface area contributed by atoms with Crippen LogP contribution in [-0.2, 0) is 23.1 Å². The van der Waals surface area contributed by atoms with Crippen molar-refractivity contribution in [2.75, 3.05) is 46.4 Å². The van der Waals surface area contributed by atoms with E-state index in [4.69, 9.17) is 4.74 Å². The van der Waals surface area contributed by atoms with E-state index >= 15 is 0 Å². The van der Waals surface area contributed by atoms with E-state index in [2.05, 4.69) is 51.5 Å². The van der Waals surface area contributed by atoms with Crippen LogP contribution in [0.2, 0.25) is 0 Å². The Morgan fingerprint density at radius 2 is 1.78 bits per heavy atom. The summed E-state index contributed by atoms with van der Waals surface area (Å²) in [5.74, 6) is 0.867. The van der Waals surface area contributed by atoms with Gasteiger partial charge in [-0.25, -0.2) is 8.42 Å². The van der Waals surface area contributed by atoms with E-state index in [9.17, 15) is 8.42 Å². The molecule has 0 spiro atoms. The predicted octanol–water partition coefficient (Wildman–Crippen LogP) is 4.31. The summed E-state index contributed by atoms with van der Waals surface area (Å²) in [6, 6.07) is 21.5. The quantitative estimate of drug-likeness (QED) is 0.301. The van der Waals surface area contributed by atoms with Gasteiger partial charge in [0.25, 0.3) is 0 Å². The van der Waals surface area contributed by atoms with Crippen LogP contribution in [0.1, 0.15) is 10.4 Å². The highest BCUT2D eigenvalue weighted by Gasteiger charge is 2.30. The highest BCUT2D eigenvalue weighted by Crippen LogP contribution is 2.25. The lowest BCUT2D eigenvalue weighted by Gasteiger charge is -2.33. The van der Waals surface area contributed by atoms with Crippen LogP contribution >= 0.6 is 11.3 Å². The van der Waals surface area contributed by atoms with Gasteiger partial charge >= 0.3 is 0 Å². The second kappa shape index (κ2) is 11.7. The molecule has 1 aliphatic rings. The Labute approximate surface area is 223 Å². The second-order valence-electron chi connectivity index (χ2n) is 9.32. The lowest BCUT2D eigenvalue weighted by Crippen LogP contribution is -2.49. The number of pyridine rings is 1. The maximum atomic E-state index is 13.3. The number of piperazine rings is 1. The lowest BCUT2D eigenvalue weighted by atomic mass is 10.2. The number of thiophene rings is 1. The fraction of sp³-hybridized carbons (Fsp3) is 0.321. The van der Waals surface area contributed by atoms with Gasteiger partial charge in [-0.05, 0) is 48.3 Å². The van der Waals surface area contributed by atoms with Gasteiger partial charge in [-0.15, -0.1) is 11.3 Å². The zero-order chi connectivity index (χ0) is 25.7. The number of sulfonamides is 1. The molecule has 1 fully saturated rings. The van der Waals surface area contributed by atoms with Crippen LogP contribution in [0.4, 0.5) is 0 Å². The number of fused-ring (bicyclic) bond motifs is 1. The number of rotatable bonds is 10. The predicted molar refractivity (Wildman–Crippen MR) is 148 cm³/mol. The van der Waals surface area contributed by atoms with Crippen molar-refractivity contribution >= 4 is 32.3 Å². The smallest absolute Gasteiger partial charge is 0.245 e. The Morgan fingerprint density at radius 1 is 0.973 bits per heavy atom. The van der Waals surface area contributed by atoms with E-state index < -0.39 is 10.0 Å². The minimum absolute atomic E-state index is 0.281. The molecule has 4 aromatic rings. The molecule has 0 amide bonds. The van der Waals surface area contributed by atoms with E-state index in [0.29, 0.717) is 38.3 Å². The number of aromatic nitrogens is 1. The average molecular weight is 537 g/mol. The molecule has 2 aromatic carbocycles. The number of nitrogens with zero attached hydrogens (tertiary/aromatic N) is 4. The molecule has 0 radical (unpaired) electrons. The summed E-state index contributed by atoms with van der Waals surface area (Å²) in [5, 5.41) is 2.94. The normalized spacial score (nSPS) is 15.4. The van der Waals surface area contributed by atoms with Gasteiger partial charge in [0.1, 0.15) is 17.3 Å². The lowest BCUT2D eigenvalue weighted by molar-refractivity contribution is 0.159. The van der Waals surface area contributed by atoms with Crippen molar-refractivity contribution in [1.82, 2.24) is 19.1 Å². The average Bonchev–Trinajstić information content (AvgIpc) is 3.42. The number of hydrogen-bond acceptors (Lipinski definition) is 7. The van der Waals surface area contributed by atoms with Crippen LogP contribution in [0.15, 0.2) is 83.2 Å². The van der Waals surface area contributed by atoms with Crippen molar-refractivity contribution in [3.63, 3.8) is 0 Å². The fourth-order valence-electron chi connectivity index (χ4n) is 4.68. The Morgan fingerprint density at radius 3 is 2.59 bits per heavy atom. The summed E-state index contributed by atoms with van der Waals surface area (Å²) >= 11 is 1.78. The monoisotopic (exact) mass is 536 g/mol. The Bertz CT molecular complexity index is 1410. The first-order valence-corrected chi connectivity index (χ1v) is 14.8. The third-order valence-corrected chi connectivity index (χ3v) is 9.37. The van der Waals surface area contributed by atoms with Gasteiger partial charge in [0.15, 0.2) is 0 Å². The van der Waals surface area contributed by atoms with Crippen LogP contribution in [0.25, 0.3) is 10.9 Å². The molecule has 0 saturated carbocycles. The molecule has 7 nitrogen and oxygen atoms in total. The first-order chi connectivity index (χ1) is 18.0. The maximum Gasteiger partial charge on any atom is 0.245 e. The first kappa shape index (κ1) is 25.8. The van der Waals surface area contributed by atoms with Gasteiger partial charge < -0.3 is 4.74 Å². The highest BCUT2D eigenvalue weighted by atomic mass is 32.2. The van der Waals surface area contributed by atoms with Crippen LogP contribution in [0.3, 0.4) is 0 Å². The van der Waals surface area contributed by atoms with E-state index in [1.165, 1.54) is 10.4 Å². The van der Waals surface area contributed by atoms with E-state index in [1.807, 2.05) is 30.3 Å². The Balaban J connectivity index is 1.10. The zero-order valence-corrected chi connectivity index (χ0v) is 22.6. The zero-order valence-electron chi connectivity index (χ0n) is 21.0. The molecule has 1 aliphatic heterocycles. The number of ether oxygens (including phenoxy) is 1. The molecule has 5 rings (SSSR count). The van der Waals surface area contributed by atoms with E-state index in [1.54, 1.807) is 34.0 Å². The molecular formula is C28H32N4O3S2. The minimum Gasteiger partial charge on any atom is -0.492 e. The van der Waals surface area contributed by atoms with Gasteiger partial charge in [0.2, 0.25) is 10.0 Å². The van der Waals surface area contributed by atoms with Crippen LogP contribution < -0.4 is 4.74 Å². The van der Waals surface area contributed by atoms with E-state index in [0.717, 1.165) is 30.8 Å². The molecular weight excluding hydrogens is 504 g/mol. The third-order valence-electron chi connectivity index (χ3n) is 6.58. The largest absolute Gasteiger partial charge is 0.492 e. The van der Waals surface area contributed by atoms with Crippen molar-refractivity contribution in [2.45, 2.75) is 18.0 Å². The Hall–Kier alpha value is -2.82. The summed E-state index contributed by atoms with van der Waals surface area (Å²) in [7, 11) is -1.47. The van der Waals surface area contributed by atoms with Crippen LogP contribution in [0.5, 0.6) is 5.75 Å². The van der Waals surface area contributed by atoms with Gasteiger partial charge in [-0.1, -0.05) is 36.4 Å². The molecule has 37 heavy (non-hydrogen) atoms. The summed E-state index contributed by atoms with van der Waals surface area (Å²) in [4.78, 5) is 10.5. The van der Waals surface area contributed by atoms with Crippen molar-refractivity contribution in [3.8, 4) is 5.75 Å². The van der Waals surface area contributed by atoms with E-state index in [-0.39, 0.29) is 4.90 Å². The van der Waals surface area contributed by atoms with Crippen molar-refractivity contribution < 1.29 is 13.2 Å². The van der Waals surface area contributed by atoms with Gasteiger partial charge in [0, 0.05) is 62.3 Å². The standard InChI is InChI=1S/C28H32N4O3S2/c1-30(22-26-10-5-19-36-26)21-23-6-2-9-25(20-23)35-18-17-31-13-15-32(16-14-31)37(33,34)27-11-3-7-24-8-4-12-29-28(24)27/h2-12,19-20H,13-18,21-22H2,1H3. The summed E-state index contributed by atoms with van der Waals surface area (Å²) in [6.45, 7) is 5.37. The third kappa shape index (κ3) is 6.37. The van der Waals surface area contributed by atoms with Crippen molar-refractivity contribution in [1.29, 1.82) is 0 Å². The first-order valence-electron chi connectivity index (χ1n) is 12.5. The summed E-state index contributed by atoms with van der Waals surface area (Å²) in [6.07, 6.45) is 1.64. The SMILES string of the molecule is CN(Cc1cccc(OCCN2CCN(S(=O)(=O)c3cccc4cccnc34)CC2)c1)Cc1cccs1. The van der Waals surface area contributed by atoms with Crippen LogP contribution in [0, 0.1) is 0 Å². The maximum absolute atomic E-state index is 13.3. The molecule has 0 atom stereocenters.